The number of carbonyl (C=O) groups excluding carboxylic acids is 1. The second-order valence-electron chi connectivity index (χ2n) is 4.76. The summed E-state index contributed by atoms with van der Waals surface area (Å²) in [5.41, 5.74) is 3.32. The van der Waals surface area contributed by atoms with Crippen LogP contribution in [-0.4, -0.2) is 12.1 Å². The van der Waals surface area contributed by atoms with Crippen LogP contribution >= 0.6 is 62.1 Å². The normalized spacial score (nSPS) is 11.3. The molecule has 0 fully saturated rings. The second-order valence-corrected chi connectivity index (χ2v) is 7.95. The van der Waals surface area contributed by atoms with Gasteiger partial charge in [0.2, 0.25) is 0 Å². The fourth-order valence-corrected chi connectivity index (χ4v) is 4.56. The molecule has 0 saturated carbocycles. The summed E-state index contributed by atoms with van der Waals surface area (Å²) in [6.07, 6.45) is 1.55. The fourth-order valence-electron chi connectivity index (χ4n) is 2.02. The van der Waals surface area contributed by atoms with E-state index in [0.29, 0.717) is 25.3 Å². The first-order valence-electron chi connectivity index (χ1n) is 6.61. The van der Waals surface area contributed by atoms with Gasteiger partial charge in [0.25, 0.3) is 5.91 Å². The molecule has 3 rings (SSSR count). The molecule has 1 aromatic heterocycles. The van der Waals surface area contributed by atoms with E-state index in [0.717, 1.165) is 14.7 Å². The van der Waals surface area contributed by atoms with Crippen molar-refractivity contribution in [3.05, 3.63) is 66.4 Å². The Kier molecular flexibility index (Phi) is 5.47. The van der Waals surface area contributed by atoms with Crippen LogP contribution in [0.25, 0.3) is 10.1 Å². The van der Waals surface area contributed by atoms with Crippen molar-refractivity contribution in [3.8, 4) is 0 Å². The molecule has 3 aromatic rings. The van der Waals surface area contributed by atoms with E-state index in [1.807, 2.05) is 24.3 Å². The number of hydrogen-bond acceptors (Lipinski definition) is 3. The van der Waals surface area contributed by atoms with Crippen molar-refractivity contribution < 1.29 is 4.79 Å². The fraction of sp³-hybridized carbons (Fsp3) is 0. The topological polar surface area (TPSA) is 41.5 Å². The monoisotopic (exact) mass is 460 g/mol. The molecule has 3 nitrogen and oxygen atoms in total. The summed E-state index contributed by atoms with van der Waals surface area (Å²) in [5.74, 6) is -0.401. The lowest BCUT2D eigenvalue weighted by atomic mass is 10.2. The summed E-state index contributed by atoms with van der Waals surface area (Å²) < 4.78 is 1.72. The van der Waals surface area contributed by atoms with E-state index in [2.05, 4.69) is 26.5 Å². The summed E-state index contributed by atoms with van der Waals surface area (Å²) >= 11 is 23.0. The molecule has 122 valence electrons. The Morgan fingerprint density at radius 2 is 1.88 bits per heavy atom. The maximum Gasteiger partial charge on any atom is 0.283 e. The third kappa shape index (κ3) is 3.76. The van der Waals surface area contributed by atoms with Crippen LogP contribution in [-0.2, 0) is 0 Å². The molecule has 0 aliphatic heterocycles. The minimum Gasteiger partial charge on any atom is -0.266 e. The molecular weight excluding hydrogens is 455 g/mol. The van der Waals surface area contributed by atoms with Crippen molar-refractivity contribution in [2.45, 2.75) is 0 Å². The number of halogens is 4. The van der Waals surface area contributed by atoms with Crippen LogP contribution in [0.2, 0.25) is 15.1 Å². The number of benzene rings is 2. The van der Waals surface area contributed by atoms with Gasteiger partial charge in [0.15, 0.2) is 0 Å². The molecular formula is C16H8BrCl3N2OS. The first kappa shape index (κ1) is 17.7. The van der Waals surface area contributed by atoms with E-state index in [4.69, 9.17) is 34.8 Å². The summed E-state index contributed by atoms with van der Waals surface area (Å²) in [6, 6.07) is 10.8. The van der Waals surface area contributed by atoms with Crippen molar-refractivity contribution in [2.24, 2.45) is 5.10 Å². The molecule has 0 bridgehead atoms. The Bertz CT molecular complexity index is 954. The molecule has 0 unspecified atom stereocenters. The summed E-state index contributed by atoms with van der Waals surface area (Å²) in [4.78, 5) is 12.6. The van der Waals surface area contributed by atoms with Crippen molar-refractivity contribution in [2.75, 3.05) is 0 Å². The zero-order chi connectivity index (χ0) is 17.3. The highest BCUT2D eigenvalue weighted by Gasteiger charge is 2.19. The smallest absolute Gasteiger partial charge is 0.266 e. The van der Waals surface area contributed by atoms with Gasteiger partial charge in [-0.05, 0) is 29.8 Å². The molecule has 0 aliphatic rings. The number of carbonyl (C=O) groups is 1. The van der Waals surface area contributed by atoms with Gasteiger partial charge in [-0.15, -0.1) is 11.3 Å². The van der Waals surface area contributed by atoms with Crippen LogP contribution in [0.3, 0.4) is 0 Å². The van der Waals surface area contributed by atoms with Crippen LogP contribution in [0, 0.1) is 0 Å². The highest BCUT2D eigenvalue weighted by atomic mass is 79.9. The highest BCUT2D eigenvalue weighted by Crippen LogP contribution is 2.41. The average Bonchev–Trinajstić information content (AvgIpc) is 2.86. The standard InChI is InChI=1S/C16H8BrCl3N2OS/c17-9-3-1-8(2-4-9)7-21-22-16(23)15-14(20)13-11(19)5-10(18)6-12(13)24-15/h1-7H,(H,22,23)/b21-7+. The lowest BCUT2D eigenvalue weighted by Crippen LogP contribution is -2.16. The van der Waals surface area contributed by atoms with Gasteiger partial charge < -0.3 is 0 Å². The minimum absolute atomic E-state index is 0.299. The van der Waals surface area contributed by atoms with Gasteiger partial charge in [-0.25, -0.2) is 5.43 Å². The van der Waals surface area contributed by atoms with E-state index in [1.54, 1.807) is 18.3 Å². The number of nitrogens with one attached hydrogen (secondary N) is 1. The van der Waals surface area contributed by atoms with E-state index in [1.165, 1.54) is 11.3 Å². The van der Waals surface area contributed by atoms with Crippen molar-refractivity contribution in [1.29, 1.82) is 0 Å². The zero-order valence-corrected chi connectivity index (χ0v) is 16.5. The Morgan fingerprint density at radius 3 is 2.58 bits per heavy atom. The van der Waals surface area contributed by atoms with Crippen LogP contribution in [0.4, 0.5) is 0 Å². The maximum absolute atomic E-state index is 12.3. The van der Waals surface area contributed by atoms with E-state index < -0.39 is 5.91 Å². The van der Waals surface area contributed by atoms with Crippen LogP contribution in [0.5, 0.6) is 0 Å². The third-order valence-corrected chi connectivity index (χ3v) is 5.78. The van der Waals surface area contributed by atoms with Gasteiger partial charge in [-0.3, -0.25) is 4.79 Å². The molecule has 2 aromatic carbocycles. The second kappa shape index (κ2) is 7.42. The lowest BCUT2D eigenvalue weighted by Gasteiger charge is -1.98. The third-order valence-electron chi connectivity index (χ3n) is 3.11. The molecule has 0 saturated heterocycles. The number of thiophene rings is 1. The van der Waals surface area contributed by atoms with Crippen LogP contribution < -0.4 is 5.43 Å². The first-order valence-corrected chi connectivity index (χ1v) is 9.36. The number of hydrazone groups is 1. The molecule has 0 spiro atoms. The highest BCUT2D eigenvalue weighted by molar-refractivity contribution is 9.10. The molecule has 0 aliphatic carbocycles. The van der Waals surface area contributed by atoms with Gasteiger partial charge in [-0.2, -0.15) is 5.10 Å². The molecule has 0 radical (unpaired) electrons. The number of amides is 1. The molecule has 24 heavy (non-hydrogen) atoms. The largest absolute Gasteiger partial charge is 0.283 e. The van der Waals surface area contributed by atoms with Crippen LogP contribution in [0.15, 0.2) is 46.0 Å². The number of rotatable bonds is 3. The lowest BCUT2D eigenvalue weighted by molar-refractivity contribution is 0.0959. The predicted octanol–water partition coefficient (Wildman–Crippen LogP) is 6.39. The minimum atomic E-state index is -0.401. The average molecular weight is 463 g/mol. The molecule has 1 amide bonds. The van der Waals surface area contributed by atoms with Gasteiger partial charge in [-0.1, -0.05) is 62.9 Å². The Labute approximate surface area is 165 Å². The van der Waals surface area contributed by atoms with Gasteiger partial charge in [0, 0.05) is 19.6 Å². The van der Waals surface area contributed by atoms with Crippen LogP contribution in [0.1, 0.15) is 15.2 Å². The molecule has 1 N–H and O–H groups in total. The summed E-state index contributed by atoms with van der Waals surface area (Å²) in [6.45, 7) is 0. The predicted molar refractivity (Wildman–Crippen MR) is 106 cm³/mol. The molecule has 1 heterocycles. The van der Waals surface area contributed by atoms with Crippen molar-refractivity contribution in [3.63, 3.8) is 0 Å². The number of nitrogens with zero attached hydrogens (tertiary/aromatic N) is 1. The maximum atomic E-state index is 12.3. The zero-order valence-electron chi connectivity index (χ0n) is 11.8. The van der Waals surface area contributed by atoms with Crippen molar-refractivity contribution >= 4 is 84.3 Å². The van der Waals surface area contributed by atoms with Gasteiger partial charge in [0.1, 0.15) is 4.88 Å². The first-order chi connectivity index (χ1) is 11.5. The Balaban J connectivity index is 1.82. The summed E-state index contributed by atoms with van der Waals surface area (Å²) in [5, 5.41) is 5.77. The van der Waals surface area contributed by atoms with E-state index in [9.17, 15) is 4.79 Å². The Hall–Kier alpha value is -1.11. The molecule has 8 heteroatoms. The van der Waals surface area contributed by atoms with Gasteiger partial charge in [0.05, 0.1) is 16.3 Å². The number of hydrogen-bond donors (Lipinski definition) is 1. The van der Waals surface area contributed by atoms with E-state index >= 15 is 0 Å². The molecule has 0 atom stereocenters. The number of fused-ring (bicyclic) bond motifs is 1. The summed E-state index contributed by atoms with van der Waals surface area (Å²) in [7, 11) is 0. The van der Waals surface area contributed by atoms with E-state index in [-0.39, 0.29) is 0 Å². The Morgan fingerprint density at radius 1 is 1.17 bits per heavy atom. The van der Waals surface area contributed by atoms with Gasteiger partial charge >= 0.3 is 0 Å². The quantitative estimate of drug-likeness (QED) is 0.356. The van der Waals surface area contributed by atoms with Crippen molar-refractivity contribution in [1.82, 2.24) is 5.43 Å². The SMILES string of the molecule is O=C(N/N=C/c1ccc(Br)cc1)c1sc2cc(Cl)cc(Cl)c2c1Cl.